The molecule has 0 aromatic heterocycles. The first-order chi connectivity index (χ1) is 12.5. The lowest BCUT2D eigenvalue weighted by Gasteiger charge is -2.30. The summed E-state index contributed by atoms with van der Waals surface area (Å²) in [6, 6.07) is -1.70. The average molecular weight is 380 g/mol. The molecule has 1 aliphatic heterocycles. The number of primary amides is 2. The van der Waals surface area contributed by atoms with E-state index < -0.39 is 47.0 Å². The molecule has 1 unspecified atom stereocenters. The third-order valence-electron chi connectivity index (χ3n) is 5.50. The van der Waals surface area contributed by atoms with Crippen LogP contribution in [0.4, 0.5) is 0 Å². The molecular formula is C18H28N4O5. The summed E-state index contributed by atoms with van der Waals surface area (Å²) in [6.45, 7) is 4.04. The number of likely N-dealkylation sites (tertiary alicyclic amines) is 1. The highest BCUT2D eigenvalue weighted by atomic mass is 16.2. The smallest absolute Gasteiger partial charge is 0.245 e. The van der Waals surface area contributed by atoms with Gasteiger partial charge in [0.2, 0.25) is 23.6 Å². The summed E-state index contributed by atoms with van der Waals surface area (Å²) in [5.41, 5.74) is 10.1. The van der Waals surface area contributed by atoms with Crippen LogP contribution in [0, 0.1) is 11.3 Å². The molecule has 1 heterocycles. The lowest BCUT2D eigenvalue weighted by molar-refractivity contribution is -0.142. The third kappa shape index (κ3) is 4.84. The van der Waals surface area contributed by atoms with Gasteiger partial charge >= 0.3 is 0 Å². The second-order valence-electron chi connectivity index (χ2n) is 8.12. The second kappa shape index (κ2) is 8.06. The topological polar surface area (TPSA) is 153 Å². The summed E-state index contributed by atoms with van der Waals surface area (Å²) < 4.78 is 0. The maximum Gasteiger partial charge on any atom is 0.245 e. The first-order valence-electron chi connectivity index (χ1n) is 9.23. The van der Waals surface area contributed by atoms with E-state index >= 15 is 0 Å². The lowest BCUT2D eigenvalue weighted by Crippen LogP contribution is -2.54. The quantitative estimate of drug-likeness (QED) is 0.529. The Morgan fingerprint density at radius 1 is 1.26 bits per heavy atom. The van der Waals surface area contributed by atoms with Crippen LogP contribution in [0.15, 0.2) is 0 Å². The van der Waals surface area contributed by atoms with Crippen LogP contribution in [0.25, 0.3) is 0 Å². The summed E-state index contributed by atoms with van der Waals surface area (Å²) in [4.78, 5) is 61.6. The molecular weight excluding hydrogens is 352 g/mol. The predicted molar refractivity (Wildman–Crippen MR) is 95.8 cm³/mol. The number of nitrogens with one attached hydrogen (secondary N) is 1. The maximum atomic E-state index is 12.9. The van der Waals surface area contributed by atoms with Gasteiger partial charge in [-0.25, -0.2) is 0 Å². The Hall–Kier alpha value is -2.45. The molecule has 0 aromatic carbocycles. The summed E-state index contributed by atoms with van der Waals surface area (Å²) in [5, 5.41) is 2.68. The van der Waals surface area contributed by atoms with Crippen molar-refractivity contribution in [3.63, 3.8) is 0 Å². The van der Waals surface area contributed by atoms with Crippen molar-refractivity contribution >= 4 is 29.4 Å². The van der Waals surface area contributed by atoms with E-state index in [0.29, 0.717) is 25.8 Å². The molecule has 0 aromatic rings. The Balaban J connectivity index is 2.15. The SMILES string of the molecule is CC1(C)CC(=O)CC1C(=O)N[C@@H](CCC(N)=O)C(=O)N1CCC[C@H]1C(N)=O. The fraction of sp³-hybridized carbons (Fsp3) is 0.722. The number of ketones is 1. The molecule has 0 spiro atoms. The zero-order chi connectivity index (χ0) is 20.4. The summed E-state index contributed by atoms with van der Waals surface area (Å²) in [7, 11) is 0. The number of hydrogen-bond acceptors (Lipinski definition) is 5. The van der Waals surface area contributed by atoms with Crippen molar-refractivity contribution < 1.29 is 24.0 Å². The molecule has 4 amide bonds. The van der Waals surface area contributed by atoms with Gasteiger partial charge in [0.05, 0.1) is 5.92 Å². The van der Waals surface area contributed by atoms with Crippen LogP contribution in [-0.2, 0) is 24.0 Å². The van der Waals surface area contributed by atoms with Crippen LogP contribution in [-0.4, -0.2) is 52.9 Å². The highest BCUT2D eigenvalue weighted by Crippen LogP contribution is 2.40. The van der Waals surface area contributed by atoms with E-state index in [0.717, 1.165) is 0 Å². The molecule has 27 heavy (non-hydrogen) atoms. The van der Waals surface area contributed by atoms with E-state index in [1.165, 1.54) is 4.90 Å². The Morgan fingerprint density at radius 3 is 2.44 bits per heavy atom. The standard InChI is InChI=1S/C18H28N4O5/c1-18(2)9-10(23)8-11(18)16(26)21-12(5-6-14(19)24)17(27)22-7-3-4-13(22)15(20)25/h11-13H,3-9H2,1-2H3,(H2,19,24)(H2,20,25)(H,21,26)/t11?,12-,13-/m0/s1. The van der Waals surface area contributed by atoms with Crippen LogP contribution in [0.2, 0.25) is 0 Å². The molecule has 150 valence electrons. The minimum Gasteiger partial charge on any atom is -0.370 e. The minimum absolute atomic E-state index is 0.00787. The van der Waals surface area contributed by atoms with Gasteiger partial charge in [0, 0.05) is 25.8 Å². The minimum atomic E-state index is -0.989. The Morgan fingerprint density at radius 2 is 1.93 bits per heavy atom. The van der Waals surface area contributed by atoms with Crippen LogP contribution in [0.3, 0.4) is 0 Å². The average Bonchev–Trinajstić information content (AvgIpc) is 3.14. The van der Waals surface area contributed by atoms with E-state index in [2.05, 4.69) is 5.32 Å². The molecule has 0 radical (unpaired) electrons. The fourth-order valence-corrected chi connectivity index (χ4v) is 4.00. The largest absolute Gasteiger partial charge is 0.370 e. The third-order valence-corrected chi connectivity index (χ3v) is 5.50. The van der Waals surface area contributed by atoms with Crippen LogP contribution in [0.1, 0.15) is 52.4 Å². The number of Topliss-reactive ketones (excluding diaryl/α,β-unsaturated/α-hetero) is 1. The van der Waals surface area contributed by atoms with Gasteiger partial charge in [-0.2, -0.15) is 0 Å². The number of rotatable bonds is 7. The lowest BCUT2D eigenvalue weighted by atomic mass is 9.81. The van der Waals surface area contributed by atoms with E-state index in [-0.39, 0.29) is 25.0 Å². The second-order valence-corrected chi connectivity index (χ2v) is 8.12. The van der Waals surface area contributed by atoms with Crippen molar-refractivity contribution in [2.45, 2.75) is 64.5 Å². The molecule has 2 fully saturated rings. The van der Waals surface area contributed by atoms with Gasteiger partial charge in [-0.05, 0) is 24.7 Å². The van der Waals surface area contributed by atoms with E-state index in [9.17, 15) is 24.0 Å². The van der Waals surface area contributed by atoms with Crippen LogP contribution >= 0.6 is 0 Å². The summed E-state index contributed by atoms with van der Waals surface area (Å²) in [6.07, 6.45) is 1.49. The number of carbonyl (C=O) groups is 5. The first kappa shape index (κ1) is 20.9. The number of nitrogens with two attached hydrogens (primary N) is 2. The van der Waals surface area contributed by atoms with Gasteiger partial charge < -0.3 is 21.7 Å². The molecule has 1 aliphatic carbocycles. The van der Waals surface area contributed by atoms with Gasteiger partial charge in [-0.3, -0.25) is 24.0 Å². The Labute approximate surface area is 158 Å². The molecule has 9 heteroatoms. The van der Waals surface area contributed by atoms with Gasteiger partial charge in [-0.15, -0.1) is 0 Å². The Kier molecular flexibility index (Phi) is 6.22. The Bertz CT molecular complexity index is 660. The number of hydrogen-bond donors (Lipinski definition) is 3. The van der Waals surface area contributed by atoms with Crippen molar-refractivity contribution in [1.82, 2.24) is 10.2 Å². The van der Waals surface area contributed by atoms with E-state index in [1.807, 2.05) is 13.8 Å². The van der Waals surface area contributed by atoms with Crippen molar-refractivity contribution in [2.75, 3.05) is 6.54 Å². The molecule has 0 bridgehead atoms. The van der Waals surface area contributed by atoms with Gasteiger partial charge in [0.15, 0.2) is 0 Å². The zero-order valence-corrected chi connectivity index (χ0v) is 15.8. The summed E-state index contributed by atoms with van der Waals surface area (Å²) in [5.74, 6) is -2.57. The normalized spacial score (nSPS) is 25.3. The van der Waals surface area contributed by atoms with E-state index in [1.54, 1.807) is 0 Å². The summed E-state index contributed by atoms with van der Waals surface area (Å²) >= 11 is 0. The van der Waals surface area contributed by atoms with Gasteiger partial charge in [0.1, 0.15) is 17.9 Å². The molecule has 2 aliphatic rings. The molecule has 1 saturated heterocycles. The van der Waals surface area contributed by atoms with Crippen LogP contribution in [0.5, 0.6) is 0 Å². The monoisotopic (exact) mass is 380 g/mol. The van der Waals surface area contributed by atoms with Crippen molar-refractivity contribution in [3.05, 3.63) is 0 Å². The molecule has 9 nitrogen and oxygen atoms in total. The highest BCUT2D eigenvalue weighted by Gasteiger charge is 2.45. The fourth-order valence-electron chi connectivity index (χ4n) is 4.00. The molecule has 1 saturated carbocycles. The molecule has 5 N–H and O–H groups in total. The first-order valence-corrected chi connectivity index (χ1v) is 9.23. The maximum absolute atomic E-state index is 12.9. The highest BCUT2D eigenvalue weighted by molar-refractivity contribution is 5.95. The van der Waals surface area contributed by atoms with E-state index in [4.69, 9.17) is 11.5 Å². The predicted octanol–water partition coefficient (Wildman–Crippen LogP) is -0.782. The number of amides is 4. The molecule has 2 rings (SSSR count). The van der Waals surface area contributed by atoms with Crippen molar-refractivity contribution in [2.24, 2.45) is 22.8 Å². The number of nitrogens with zero attached hydrogens (tertiary/aromatic N) is 1. The zero-order valence-electron chi connectivity index (χ0n) is 15.8. The van der Waals surface area contributed by atoms with Gasteiger partial charge in [0.25, 0.3) is 0 Å². The number of carbonyl (C=O) groups excluding carboxylic acids is 5. The van der Waals surface area contributed by atoms with Crippen LogP contribution < -0.4 is 16.8 Å². The molecule has 3 atom stereocenters. The van der Waals surface area contributed by atoms with Crippen molar-refractivity contribution in [1.29, 1.82) is 0 Å². The van der Waals surface area contributed by atoms with Gasteiger partial charge in [-0.1, -0.05) is 13.8 Å². The van der Waals surface area contributed by atoms with Crippen molar-refractivity contribution in [3.8, 4) is 0 Å².